The highest BCUT2D eigenvalue weighted by Gasteiger charge is 2.23. The van der Waals surface area contributed by atoms with Crippen LogP contribution < -0.4 is 0 Å². The van der Waals surface area contributed by atoms with Crippen molar-refractivity contribution in [1.29, 1.82) is 0 Å². The predicted molar refractivity (Wildman–Crippen MR) is 155 cm³/mol. The Balaban J connectivity index is 0.000000393. The lowest BCUT2D eigenvalue weighted by molar-refractivity contribution is -0.137. The van der Waals surface area contributed by atoms with E-state index in [1.165, 1.54) is 39.4 Å². The highest BCUT2D eigenvalue weighted by Crippen LogP contribution is 2.31. The molecule has 0 spiro atoms. The van der Waals surface area contributed by atoms with Gasteiger partial charge in [0.2, 0.25) is 0 Å². The van der Waals surface area contributed by atoms with Crippen LogP contribution in [0.15, 0.2) is 81.6 Å². The van der Waals surface area contributed by atoms with Crippen LogP contribution in [0.25, 0.3) is 0 Å². The molecule has 0 atom stereocenters. The molecule has 0 aliphatic heterocycles. The average Bonchev–Trinajstić information content (AvgIpc) is 3.54. The molecule has 0 amide bonds. The molecule has 2 aromatic heterocycles. The van der Waals surface area contributed by atoms with Gasteiger partial charge in [-0.15, -0.1) is 22.7 Å². The third kappa shape index (κ3) is 13.7. The number of carbonyl (C=O) groups is 1. The van der Waals surface area contributed by atoms with Crippen molar-refractivity contribution >= 4 is 28.6 Å². The molecule has 0 radical (unpaired) electrons. The number of aliphatic hydroxyl groups excluding tert-OH is 2. The van der Waals surface area contributed by atoms with Crippen LogP contribution >= 0.6 is 22.7 Å². The fourth-order valence-corrected chi connectivity index (χ4v) is 5.24. The van der Waals surface area contributed by atoms with Crippen LogP contribution in [0.5, 0.6) is 0 Å². The molecule has 0 saturated carbocycles. The van der Waals surface area contributed by atoms with Gasteiger partial charge < -0.3 is 15.3 Å². The molecule has 2 heterocycles. The third-order valence-corrected chi connectivity index (χ3v) is 7.44. The van der Waals surface area contributed by atoms with Gasteiger partial charge in [0.05, 0.1) is 13.2 Å². The first-order valence-corrected chi connectivity index (χ1v) is 14.2. The first kappa shape index (κ1) is 31.8. The van der Waals surface area contributed by atoms with Crippen LogP contribution in [0, 0.1) is 0 Å². The zero-order valence-corrected chi connectivity index (χ0v) is 23.7. The van der Waals surface area contributed by atoms with Gasteiger partial charge in [-0.2, -0.15) is 0 Å². The molecule has 0 aliphatic rings. The molecule has 0 fully saturated rings. The van der Waals surface area contributed by atoms with Gasteiger partial charge in [0.15, 0.2) is 0 Å². The van der Waals surface area contributed by atoms with Crippen LogP contribution in [0.4, 0.5) is 0 Å². The second-order valence-corrected chi connectivity index (χ2v) is 11.0. The molecule has 3 N–H and O–H groups in total. The summed E-state index contributed by atoms with van der Waals surface area (Å²) in [6.45, 7) is 8.74. The quantitative estimate of drug-likeness (QED) is 0.216. The summed E-state index contributed by atoms with van der Waals surface area (Å²) in [5.74, 6) is -1.27. The molecule has 4 nitrogen and oxygen atoms in total. The topological polar surface area (TPSA) is 77.8 Å². The van der Waals surface area contributed by atoms with Crippen molar-refractivity contribution in [2.24, 2.45) is 0 Å². The van der Waals surface area contributed by atoms with Crippen molar-refractivity contribution < 1.29 is 20.1 Å². The maximum Gasteiger partial charge on any atom is 0.317 e. The molecule has 2 rings (SSSR count). The van der Waals surface area contributed by atoms with E-state index in [9.17, 15) is 9.90 Å². The van der Waals surface area contributed by atoms with E-state index in [4.69, 9.17) is 10.2 Å². The molecule has 6 heteroatoms. The second-order valence-electron chi connectivity index (χ2n) is 9.00. The predicted octanol–water partition coefficient (Wildman–Crippen LogP) is 8.12. The molecule has 2 aromatic rings. The van der Waals surface area contributed by atoms with Crippen LogP contribution in [0.3, 0.4) is 0 Å². The summed E-state index contributed by atoms with van der Waals surface area (Å²) in [6.07, 6.45) is 14.6. The molecule has 198 valence electrons. The van der Waals surface area contributed by atoms with Crippen LogP contribution in [0.1, 0.15) is 81.9 Å². The Morgan fingerprint density at radius 2 is 1.33 bits per heavy atom. The summed E-state index contributed by atoms with van der Waals surface area (Å²) in [4.78, 5) is 12.9. The summed E-state index contributed by atoms with van der Waals surface area (Å²) >= 11 is 2.97. The number of allylic oxidation sites excluding steroid dienone is 6. The fourth-order valence-electron chi connectivity index (χ4n) is 3.50. The Bertz CT molecular complexity index is 942. The molecule has 0 unspecified atom stereocenters. The zero-order valence-electron chi connectivity index (χ0n) is 22.1. The van der Waals surface area contributed by atoms with E-state index < -0.39 is 11.9 Å². The van der Waals surface area contributed by atoms with Gasteiger partial charge in [0, 0.05) is 9.75 Å². The Hall–Kier alpha value is -2.25. The van der Waals surface area contributed by atoms with Crippen LogP contribution in [-0.2, 0) is 4.79 Å². The minimum Gasteiger partial charge on any atom is -0.480 e. The average molecular weight is 531 g/mol. The maximum absolute atomic E-state index is 11.1. The lowest BCUT2D eigenvalue weighted by Crippen LogP contribution is -2.09. The van der Waals surface area contributed by atoms with E-state index in [2.05, 4.69) is 39.0 Å². The number of aliphatic carboxylic acids is 1. The summed E-state index contributed by atoms with van der Waals surface area (Å²) in [7, 11) is 0. The highest BCUT2D eigenvalue weighted by atomic mass is 32.1. The van der Waals surface area contributed by atoms with Gasteiger partial charge in [-0.25, -0.2) is 0 Å². The molecule has 0 bridgehead atoms. The van der Waals surface area contributed by atoms with Gasteiger partial charge in [-0.3, -0.25) is 4.79 Å². The highest BCUT2D eigenvalue weighted by molar-refractivity contribution is 7.11. The molecular weight excluding hydrogens is 488 g/mol. The lowest BCUT2D eigenvalue weighted by atomic mass is 10.0. The van der Waals surface area contributed by atoms with Crippen molar-refractivity contribution in [3.8, 4) is 0 Å². The summed E-state index contributed by atoms with van der Waals surface area (Å²) in [5, 5.41) is 31.2. The number of hydrogen-bond acceptors (Lipinski definition) is 5. The summed E-state index contributed by atoms with van der Waals surface area (Å²) in [5.41, 5.74) is 5.12. The van der Waals surface area contributed by atoms with Gasteiger partial charge in [-0.1, -0.05) is 53.2 Å². The van der Waals surface area contributed by atoms with Gasteiger partial charge >= 0.3 is 5.97 Å². The minimum atomic E-state index is -0.782. The van der Waals surface area contributed by atoms with Crippen molar-refractivity contribution in [1.82, 2.24) is 0 Å². The summed E-state index contributed by atoms with van der Waals surface area (Å²) < 4.78 is 0. The maximum atomic E-state index is 11.1. The van der Waals surface area contributed by atoms with E-state index in [0.29, 0.717) is 0 Å². The first-order chi connectivity index (χ1) is 17.3. The molecule has 0 saturated heterocycles. The number of rotatable bonds is 14. The first-order valence-electron chi connectivity index (χ1n) is 12.4. The van der Waals surface area contributed by atoms with Gasteiger partial charge in [-0.05, 0) is 94.7 Å². The lowest BCUT2D eigenvalue weighted by Gasteiger charge is -2.06. The monoisotopic (exact) mass is 530 g/mol. The van der Waals surface area contributed by atoms with E-state index in [1.54, 1.807) is 0 Å². The number of aliphatic hydroxyl groups is 2. The van der Waals surface area contributed by atoms with Gasteiger partial charge in [0.25, 0.3) is 0 Å². The SMILES string of the molecule is CC(C)=CCCC(C)=CCCC(=CCCC(C)=CCO)CO.O=C(O)C(c1cccs1)c1cccs1. The van der Waals surface area contributed by atoms with Crippen molar-refractivity contribution in [2.45, 2.75) is 72.1 Å². The number of thiophene rings is 2. The minimum absolute atomic E-state index is 0.110. The second kappa shape index (κ2) is 18.9. The van der Waals surface area contributed by atoms with Crippen molar-refractivity contribution in [3.05, 3.63) is 91.4 Å². The van der Waals surface area contributed by atoms with Gasteiger partial charge in [0.1, 0.15) is 5.92 Å². The summed E-state index contributed by atoms with van der Waals surface area (Å²) in [6, 6.07) is 7.49. The Labute approximate surface area is 225 Å². The van der Waals surface area contributed by atoms with Crippen molar-refractivity contribution in [3.63, 3.8) is 0 Å². The standard InChI is InChI=1S/C20H34O2.C10H8O2S2/c1-17(2)8-5-9-18(3)10-6-12-20(16-22)13-7-11-19(4)14-15-21;11-10(12)9(7-3-1-5-13-7)8-4-2-6-14-8/h8,10,13-14,21-22H,5-7,9,11-12,15-16H2,1-4H3;1-6,9H,(H,11,12). The largest absolute Gasteiger partial charge is 0.480 e. The Morgan fingerprint density at radius 1 is 0.806 bits per heavy atom. The third-order valence-electron chi connectivity index (χ3n) is 5.57. The van der Waals surface area contributed by atoms with E-state index in [-0.39, 0.29) is 13.2 Å². The molecule has 0 aromatic carbocycles. The Kier molecular flexibility index (Phi) is 16.7. The smallest absolute Gasteiger partial charge is 0.317 e. The number of carboxylic acid groups (broad SMARTS) is 1. The number of hydrogen-bond donors (Lipinski definition) is 3. The van der Waals surface area contributed by atoms with E-state index in [1.807, 2.05) is 48.0 Å². The molecule has 0 aliphatic carbocycles. The zero-order chi connectivity index (χ0) is 26.8. The van der Waals surface area contributed by atoms with E-state index >= 15 is 0 Å². The molecular formula is C30H42O4S2. The van der Waals surface area contributed by atoms with Crippen LogP contribution in [0.2, 0.25) is 0 Å². The van der Waals surface area contributed by atoms with Crippen molar-refractivity contribution in [2.75, 3.05) is 13.2 Å². The Morgan fingerprint density at radius 3 is 1.78 bits per heavy atom. The normalized spacial score (nSPS) is 12.4. The van der Waals surface area contributed by atoms with E-state index in [0.717, 1.165) is 53.9 Å². The van der Waals surface area contributed by atoms with Crippen LogP contribution in [-0.4, -0.2) is 34.5 Å². The number of carboxylic acids is 1. The molecule has 36 heavy (non-hydrogen) atoms. The fraction of sp³-hybridized carbons (Fsp3) is 0.433.